The van der Waals surface area contributed by atoms with Crippen molar-refractivity contribution in [1.29, 1.82) is 0 Å². The second kappa shape index (κ2) is 6.12. The molecule has 2 heterocycles. The van der Waals surface area contributed by atoms with Crippen molar-refractivity contribution in [3.63, 3.8) is 0 Å². The van der Waals surface area contributed by atoms with Crippen molar-refractivity contribution in [3.8, 4) is 0 Å². The van der Waals surface area contributed by atoms with Crippen molar-refractivity contribution in [2.75, 3.05) is 5.32 Å². The predicted molar refractivity (Wildman–Crippen MR) is 94.7 cm³/mol. The fourth-order valence-electron chi connectivity index (χ4n) is 2.79. The van der Waals surface area contributed by atoms with Gasteiger partial charge in [-0.2, -0.15) is 0 Å². The Hall–Kier alpha value is -3.21. The molecule has 0 fully saturated rings. The zero-order valence-electron chi connectivity index (χ0n) is 13.0. The smallest absolute Gasteiger partial charge is 0.226 e. The molecule has 118 valence electrons. The highest BCUT2D eigenvalue weighted by Crippen LogP contribution is 2.17. The van der Waals surface area contributed by atoms with Gasteiger partial charge in [0.2, 0.25) is 5.91 Å². The van der Waals surface area contributed by atoms with Crippen molar-refractivity contribution >= 4 is 33.5 Å². The van der Waals surface area contributed by atoms with Gasteiger partial charge in [0.25, 0.3) is 0 Å². The van der Waals surface area contributed by atoms with Crippen molar-refractivity contribution in [3.05, 3.63) is 67.1 Å². The molecule has 2 aromatic heterocycles. The normalized spacial score (nSPS) is 11.0. The zero-order valence-corrected chi connectivity index (χ0v) is 13.0. The molecule has 4 aromatic rings. The van der Waals surface area contributed by atoms with Gasteiger partial charge in [0, 0.05) is 30.2 Å². The van der Waals surface area contributed by atoms with Crippen LogP contribution in [0.4, 0.5) is 5.69 Å². The van der Waals surface area contributed by atoms with Crippen LogP contribution in [0.25, 0.3) is 21.9 Å². The van der Waals surface area contributed by atoms with Gasteiger partial charge in [-0.15, -0.1) is 0 Å². The minimum Gasteiger partial charge on any atom is -0.330 e. The van der Waals surface area contributed by atoms with Crippen LogP contribution in [0.1, 0.15) is 6.42 Å². The number of pyridine rings is 1. The lowest BCUT2D eigenvalue weighted by atomic mass is 10.2. The number of carbonyl (C=O) groups is 1. The standard InChI is InChI=1S/C19H16N4O/c24-19(9-11-23-13-21-17-5-1-2-6-18(17)23)22-15-7-8-16-14(12-15)4-3-10-20-16/h1-8,10,12-13H,9,11H2,(H,22,24). The van der Waals surface area contributed by atoms with E-state index >= 15 is 0 Å². The summed E-state index contributed by atoms with van der Waals surface area (Å²) in [5.74, 6) is -0.0176. The second-order valence-corrected chi connectivity index (χ2v) is 5.64. The van der Waals surface area contributed by atoms with E-state index in [-0.39, 0.29) is 5.91 Å². The Balaban J connectivity index is 1.44. The molecule has 0 radical (unpaired) electrons. The maximum absolute atomic E-state index is 12.2. The number of hydrogen-bond acceptors (Lipinski definition) is 3. The van der Waals surface area contributed by atoms with Crippen LogP contribution in [0, 0.1) is 0 Å². The lowest BCUT2D eigenvalue weighted by molar-refractivity contribution is -0.116. The molecule has 1 N–H and O–H groups in total. The molecular formula is C19H16N4O. The molecular weight excluding hydrogens is 300 g/mol. The lowest BCUT2D eigenvalue weighted by Crippen LogP contribution is -2.14. The number of benzene rings is 2. The number of carbonyl (C=O) groups excluding carboxylic acids is 1. The third-order valence-electron chi connectivity index (χ3n) is 3.99. The van der Waals surface area contributed by atoms with Gasteiger partial charge in [-0.3, -0.25) is 9.78 Å². The molecule has 1 amide bonds. The molecule has 0 saturated carbocycles. The van der Waals surface area contributed by atoms with Crippen LogP contribution in [-0.2, 0) is 11.3 Å². The predicted octanol–water partition coefficient (Wildman–Crippen LogP) is 3.61. The number of rotatable bonds is 4. The number of fused-ring (bicyclic) bond motifs is 2. The molecule has 5 heteroatoms. The van der Waals surface area contributed by atoms with Gasteiger partial charge in [0.1, 0.15) is 0 Å². The fraction of sp³-hybridized carbons (Fsp3) is 0.105. The Kier molecular flexibility index (Phi) is 3.67. The lowest BCUT2D eigenvalue weighted by Gasteiger charge is -2.07. The number of para-hydroxylation sites is 2. The number of nitrogens with one attached hydrogen (secondary N) is 1. The van der Waals surface area contributed by atoms with Crippen LogP contribution < -0.4 is 5.32 Å². The number of anilines is 1. The molecule has 2 aromatic carbocycles. The van der Waals surface area contributed by atoms with Crippen LogP contribution in [-0.4, -0.2) is 20.4 Å². The quantitative estimate of drug-likeness (QED) is 0.625. The number of amides is 1. The molecule has 0 aliphatic heterocycles. The highest BCUT2D eigenvalue weighted by atomic mass is 16.1. The van der Waals surface area contributed by atoms with Crippen LogP contribution in [0.2, 0.25) is 0 Å². The van der Waals surface area contributed by atoms with E-state index in [1.165, 1.54) is 0 Å². The maximum Gasteiger partial charge on any atom is 0.226 e. The van der Waals surface area contributed by atoms with E-state index in [9.17, 15) is 4.79 Å². The molecule has 5 nitrogen and oxygen atoms in total. The zero-order chi connectivity index (χ0) is 16.4. The maximum atomic E-state index is 12.2. The monoisotopic (exact) mass is 316 g/mol. The molecule has 0 saturated heterocycles. The first kappa shape index (κ1) is 14.4. The molecule has 0 spiro atoms. The summed E-state index contributed by atoms with van der Waals surface area (Å²) in [4.78, 5) is 20.8. The van der Waals surface area contributed by atoms with Gasteiger partial charge in [-0.1, -0.05) is 18.2 Å². The molecule has 0 bridgehead atoms. The minimum absolute atomic E-state index is 0.0176. The van der Waals surface area contributed by atoms with E-state index in [0.717, 1.165) is 27.6 Å². The van der Waals surface area contributed by atoms with E-state index in [1.807, 2.05) is 59.2 Å². The summed E-state index contributed by atoms with van der Waals surface area (Å²) in [5.41, 5.74) is 3.69. The van der Waals surface area contributed by atoms with Gasteiger partial charge in [0.15, 0.2) is 0 Å². The van der Waals surface area contributed by atoms with Gasteiger partial charge < -0.3 is 9.88 Å². The Morgan fingerprint density at radius 3 is 2.88 bits per heavy atom. The third kappa shape index (κ3) is 2.84. The van der Waals surface area contributed by atoms with Crippen LogP contribution in [0.15, 0.2) is 67.1 Å². The molecule has 4 rings (SSSR count). The van der Waals surface area contributed by atoms with E-state index in [1.54, 1.807) is 12.5 Å². The molecule has 0 unspecified atom stereocenters. The second-order valence-electron chi connectivity index (χ2n) is 5.64. The van der Waals surface area contributed by atoms with Gasteiger partial charge in [-0.25, -0.2) is 4.98 Å². The Morgan fingerprint density at radius 1 is 1.00 bits per heavy atom. The van der Waals surface area contributed by atoms with E-state index in [4.69, 9.17) is 0 Å². The SMILES string of the molecule is O=C(CCn1cnc2ccccc21)Nc1ccc2ncccc2c1. The number of aromatic nitrogens is 3. The Labute approximate surface area is 139 Å². The largest absolute Gasteiger partial charge is 0.330 e. The van der Waals surface area contributed by atoms with Gasteiger partial charge >= 0.3 is 0 Å². The number of aryl methyl sites for hydroxylation is 1. The van der Waals surface area contributed by atoms with Gasteiger partial charge in [-0.05, 0) is 36.4 Å². The summed E-state index contributed by atoms with van der Waals surface area (Å²) in [6.07, 6.45) is 3.93. The Morgan fingerprint density at radius 2 is 1.92 bits per heavy atom. The summed E-state index contributed by atoms with van der Waals surface area (Å²) >= 11 is 0. The topological polar surface area (TPSA) is 59.8 Å². The van der Waals surface area contributed by atoms with Gasteiger partial charge in [0.05, 0.1) is 22.9 Å². The minimum atomic E-state index is -0.0176. The van der Waals surface area contributed by atoms with Crippen LogP contribution >= 0.6 is 0 Å². The highest BCUT2D eigenvalue weighted by molar-refractivity contribution is 5.93. The summed E-state index contributed by atoms with van der Waals surface area (Å²) in [7, 11) is 0. The van der Waals surface area contributed by atoms with Crippen molar-refractivity contribution in [2.24, 2.45) is 0 Å². The summed E-state index contributed by atoms with van der Waals surface area (Å²) in [6.45, 7) is 0.599. The van der Waals surface area contributed by atoms with E-state index < -0.39 is 0 Å². The first-order chi connectivity index (χ1) is 11.8. The van der Waals surface area contributed by atoms with E-state index in [0.29, 0.717) is 13.0 Å². The third-order valence-corrected chi connectivity index (χ3v) is 3.99. The summed E-state index contributed by atoms with van der Waals surface area (Å²) < 4.78 is 2.00. The Bertz CT molecular complexity index is 1020. The molecule has 0 aliphatic carbocycles. The summed E-state index contributed by atoms with van der Waals surface area (Å²) in [6, 6.07) is 17.5. The fourth-order valence-corrected chi connectivity index (χ4v) is 2.79. The molecule has 0 atom stereocenters. The van der Waals surface area contributed by atoms with Crippen molar-refractivity contribution in [1.82, 2.24) is 14.5 Å². The van der Waals surface area contributed by atoms with E-state index in [2.05, 4.69) is 15.3 Å². The van der Waals surface area contributed by atoms with Crippen LogP contribution in [0.5, 0.6) is 0 Å². The number of nitrogens with zero attached hydrogens (tertiary/aromatic N) is 3. The first-order valence-corrected chi connectivity index (χ1v) is 7.84. The van der Waals surface area contributed by atoms with Crippen molar-refractivity contribution < 1.29 is 4.79 Å². The van der Waals surface area contributed by atoms with Crippen LogP contribution in [0.3, 0.4) is 0 Å². The average Bonchev–Trinajstić information content (AvgIpc) is 3.03. The highest BCUT2D eigenvalue weighted by Gasteiger charge is 2.06. The number of imidazole rings is 1. The van der Waals surface area contributed by atoms with Crippen molar-refractivity contribution in [2.45, 2.75) is 13.0 Å². The molecule has 0 aliphatic rings. The average molecular weight is 316 g/mol. The molecule has 24 heavy (non-hydrogen) atoms. The summed E-state index contributed by atoms with van der Waals surface area (Å²) in [5, 5.41) is 3.95. The number of hydrogen-bond donors (Lipinski definition) is 1. The first-order valence-electron chi connectivity index (χ1n) is 7.84.